The zero-order valence-corrected chi connectivity index (χ0v) is 60.9. The quantitative estimate of drug-likeness (QED) is 0.0320. The maximum absolute atomic E-state index is 12.5. The van der Waals surface area contributed by atoms with Crippen molar-refractivity contribution in [3.63, 3.8) is 0 Å². The molecule has 0 aromatic heterocycles. The molecule has 90 heavy (non-hydrogen) atoms. The molecule has 0 aromatic rings. The highest BCUT2D eigenvalue weighted by Gasteiger charge is 2.18. The molecule has 1 amide bonds. The molecule has 530 valence electrons. The molecular formula is C84H159NO5. The number of unbranched alkanes of at least 4 members (excludes halogenated alkanes) is 60. The number of hydrogen-bond acceptors (Lipinski definition) is 5. The second-order valence-corrected chi connectivity index (χ2v) is 28.1. The smallest absolute Gasteiger partial charge is 0.305 e. The van der Waals surface area contributed by atoms with Crippen LogP contribution in [0.15, 0.2) is 48.6 Å². The second-order valence-electron chi connectivity index (χ2n) is 28.1. The molecule has 0 radical (unpaired) electrons. The summed E-state index contributed by atoms with van der Waals surface area (Å²) < 4.78 is 5.50. The van der Waals surface area contributed by atoms with E-state index in [9.17, 15) is 19.8 Å². The predicted octanol–water partition coefficient (Wildman–Crippen LogP) is 27.2. The minimum atomic E-state index is -0.843. The van der Waals surface area contributed by atoms with Crippen molar-refractivity contribution in [1.29, 1.82) is 0 Å². The van der Waals surface area contributed by atoms with E-state index in [1.807, 2.05) is 6.08 Å². The van der Waals surface area contributed by atoms with Gasteiger partial charge in [0.1, 0.15) is 0 Å². The lowest BCUT2D eigenvalue weighted by Crippen LogP contribution is -2.45. The first-order valence-electron chi connectivity index (χ1n) is 40.9. The number of hydrogen-bond donors (Lipinski definition) is 3. The van der Waals surface area contributed by atoms with Crippen LogP contribution < -0.4 is 5.32 Å². The third kappa shape index (κ3) is 74.9. The van der Waals surface area contributed by atoms with E-state index in [2.05, 4.69) is 55.6 Å². The summed E-state index contributed by atoms with van der Waals surface area (Å²) in [6, 6.07) is -0.626. The van der Waals surface area contributed by atoms with Crippen LogP contribution in [0.25, 0.3) is 0 Å². The van der Waals surface area contributed by atoms with Crippen LogP contribution in [0.3, 0.4) is 0 Å². The first kappa shape index (κ1) is 87.8. The third-order valence-corrected chi connectivity index (χ3v) is 19.1. The zero-order chi connectivity index (χ0) is 64.9. The van der Waals surface area contributed by atoms with E-state index in [4.69, 9.17) is 4.74 Å². The van der Waals surface area contributed by atoms with Gasteiger partial charge in [-0.2, -0.15) is 0 Å². The van der Waals surface area contributed by atoms with Gasteiger partial charge in [-0.1, -0.05) is 396 Å². The van der Waals surface area contributed by atoms with Gasteiger partial charge in [-0.05, 0) is 89.9 Å². The molecule has 6 heteroatoms. The van der Waals surface area contributed by atoms with Gasteiger partial charge in [-0.3, -0.25) is 9.59 Å². The molecule has 0 aromatic carbocycles. The van der Waals surface area contributed by atoms with Gasteiger partial charge < -0.3 is 20.3 Å². The Bertz CT molecular complexity index is 1500. The average Bonchev–Trinajstić information content (AvgIpc) is 3.68. The highest BCUT2D eigenvalue weighted by Crippen LogP contribution is 2.20. The number of nitrogens with one attached hydrogen (secondary N) is 1. The molecule has 0 fully saturated rings. The molecule has 2 atom stereocenters. The van der Waals surface area contributed by atoms with E-state index in [1.54, 1.807) is 6.08 Å². The Labute approximate surface area is 563 Å². The lowest BCUT2D eigenvalue weighted by molar-refractivity contribution is -0.143. The maximum atomic E-state index is 12.5. The van der Waals surface area contributed by atoms with Gasteiger partial charge >= 0.3 is 5.97 Å². The number of allylic oxidation sites excluding steroid dienone is 7. The summed E-state index contributed by atoms with van der Waals surface area (Å²) in [7, 11) is 0. The fraction of sp³-hybridized carbons (Fsp3) is 0.881. The molecule has 0 rings (SSSR count). The minimum Gasteiger partial charge on any atom is -0.466 e. The van der Waals surface area contributed by atoms with Crippen LogP contribution >= 0.6 is 0 Å². The van der Waals surface area contributed by atoms with Crippen molar-refractivity contribution in [3.05, 3.63) is 48.6 Å². The molecular weight excluding hydrogens is 1100 g/mol. The molecule has 0 aliphatic rings. The highest BCUT2D eigenvalue weighted by atomic mass is 16.5. The van der Waals surface area contributed by atoms with Crippen LogP contribution in [0.2, 0.25) is 0 Å². The van der Waals surface area contributed by atoms with Crippen molar-refractivity contribution in [2.45, 2.75) is 463 Å². The van der Waals surface area contributed by atoms with Crippen LogP contribution in [0.1, 0.15) is 450 Å². The molecule has 0 bridgehead atoms. The third-order valence-electron chi connectivity index (χ3n) is 19.1. The fourth-order valence-corrected chi connectivity index (χ4v) is 12.8. The van der Waals surface area contributed by atoms with Gasteiger partial charge in [0.2, 0.25) is 5.91 Å². The van der Waals surface area contributed by atoms with Crippen LogP contribution in [0.4, 0.5) is 0 Å². The summed E-state index contributed by atoms with van der Waals surface area (Å²) in [5.74, 6) is -0.0517. The molecule has 0 aliphatic heterocycles. The van der Waals surface area contributed by atoms with Crippen molar-refractivity contribution in [1.82, 2.24) is 5.32 Å². The van der Waals surface area contributed by atoms with Gasteiger partial charge in [0.05, 0.1) is 25.4 Å². The molecule has 0 saturated heterocycles. The summed E-state index contributed by atoms with van der Waals surface area (Å²) in [5, 5.41) is 23.3. The SMILES string of the molecule is CCCCCC/C=C\C/C=C\CCCCCCCC(=O)OCCCCCCCCCCCCCCCCCC/C=C\CCCCCCCCCCCCCCCCCCCC(=O)NC(CO)C(O)/C=C/CCCCCCCCCCCCCCCCCCCC. The Balaban J connectivity index is 3.36. The Morgan fingerprint density at radius 3 is 0.867 bits per heavy atom. The second kappa shape index (κ2) is 79.3. The summed E-state index contributed by atoms with van der Waals surface area (Å²) >= 11 is 0. The van der Waals surface area contributed by atoms with Crippen molar-refractivity contribution in [2.75, 3.05) is 13.2 Å². The largest absolute Gasteiger partial charge is 0.466 e. The lowest BCUT2D eigenvalue weighted by atomic mass is 10.0. The number of rotatable bonds is 77. The monoisotopic (exact) mass is 1260 g/mol. The van der Waals surface area contributed by atoms with Gasteiger partial charge in [-0.25, -0.2) is 0 Å². The first-order chi connectivity index (χ1) is 44.5. The Morgan fingerprint density at radius 2 is 0.556 bits per heavy atom. The number of ether oxygens (including phenoxy) is 1. The maximum Gasteiger partial charge on any atom is 0.305 e. The molecule has 0 spiro atoms. The summed E-state index contributed by atoms with van der Waals surface area (Å²) in [5.41, 5.74) is 0. The Hall–Kier alpha value is -2.18. The Kier molecular flexibility index (Phi) is 77.3. The predicted molar refractivity (Wildman–Crippen MR) is 398 cm³/mol. The van der Waals surface area contributed by atoms with E-state index in [0.29, 0.717) is 19.4 Å². The van der Waals surface area contributed by atoms with Crippen LogP contribution in [0.5, 0.6) is 0 Å². The minimum absolute atomic E-state index is 0.00820. The number of esters is 1. The molecule has 3 N–H and O–H groups in total. The van der Waals surface area contributed by atoms with Gasteiger partial charge in [0, 0.05) is 12.8 Å². The first-order valence-corrected chi connectivity index (χ1v) is 40.9. The van der Waals surface area contributed by atoms with Crippen molar-refractivity contribution >= 4 is 11.9 Å². The molecule has 0 aliphatic carbocycles. The Morgan fingerprint density at radius 1 is 0.311 bits per heavy atom. The lowest BCUT2D eigenvalue weighted by Gasteiger charge is -2.20. The highest BCUT2D eigenvalue weighted by molar-refractivity contribution is 5.76. The van der Waals surface area contributed by atoms with Crippen molar-refractivity contribution in [2.24, 2.45) is 0 Å². The van der Waals surface area contributed by atoms with Crippen molar-refractivity contribution < 1.29 is 24.5 Å². The number of aliphatic hydroxyl groups is 2. The van der Waals surface area contributed by atoms with E-state index in [1.165, 1.54) is 372 Å². The van der Waals surface area contributed by atoms with E-state index >= 15 is 0 Å². The molecule has 2 unspecified atom stereocenters. The standard InChI is InChI=1S/C84H159NO5/c1-3-5-7-9-11-13-15-17-19-21-22-42-45-48-52-56-60-64-68-72-76-82(87)81(80-86)85-83(88)77-73-69-65-61-57-53-49-46-43-40-38-36-34-32-30-28-26-24-23-25-27-29-31-33-35-37-39-41-44-47-51-55-59-63-67-71-75-79-90-84(89)78-74-70-66-62-58-54-50-20-18-16-14-12-10-8-6-4-2/h14,16,20,23,25,50,72,76,81-82,86-87H,3-13,15,17-19,21-22,24,26-49,51-71,73-75,77-80H2,1-2H3,(H,85,88)/b16-14-,25-23-,50-20-,76-72+. The summed E-state index contributed by atoms with van der Waals surface area (Å²) in [4.78, 5) is 24.6. The van der Waals surface area contributed by atoms with Gasteiger partial charge in [0.15, 0.2) is 0 Å². The number of carbonyl (C=O) groups is 2. The van der Waals surface area contributed by atoms with Crippen LogP contribution in [-0.4, -0.2) is 47.4 Å². The van der Waals surface area contributed by atoms with Crippen LogP contribution in [-0.2, 0) is 14.3 Å². The summed E-state index contributed by atoms with van der Waals surface area (Å²) in [6.07, 6.45) is 105. The average molecular weight is 1260 g/mol. The van der Waals surface area contributed by atoms with Gasteiger partial charge in [-0.15, -0.1) is 0 Å². The van der Waals surface area contributed by atoms with E-state index < -0.39 is 12.1 Å². The molecule has 0 saturated carbocycles. The zero-order valence-electron chi connectivity index (χ0n) is 60.9. The number of aliphatic hydroxyl groups excluding tert-OH is 2. The van der Waals surface area contributed by atoms with Crippen molar-refractivity contribution in [3.8, 4) is 0 Å². The topological polar surface area (TPSA) is 95.9 Å². The number of carbonyl (C=O) groups excluding carboxylic acids is 2. The molecule has 6 nitrogen and oxygen atoms in total. The summed E-state index contributed by atoms with van der Waals surface area (Å²) in [6.45, 7) is 4.93. The fourth-order valence-electron chi connectivity index (χ4n) is 12.8. The normalized spacial score (nSPS) is 12.7. The number of amides is 1. The van der Waals surface area contributed by atoms with E-state index in [-0.39, 0.29) is 18.5 Å². The van der Waals surface area contributed by atoms with Crippen LogP contribution in [0, 0.1) is 0 Å². The van der Waals surface area contributed by atoms with E-state index in [0.717, 1.165) is 51.4 Å². The molecule has 0 heterocycles. The van der Waals surface area contributed by atoms with Gasteiger partial charge in [0.25, 0.3) is 0 Å².